The third-order valence-electron chi connectivity index (χ3n) is 5.08. The van der Waals surface area contributed by atoms with Crippen molar-refractivity contribution in [3.8, 4) is 0 Å². The molecular weight excluding hydrogens is 272 g/mol. The average molecular weight is 294 g/mol. The number of hydrogen-bond donors (Lipinski definition) is 0. The summed E-state index contributed by atoms with van der Waals surface area (Å²) in [5.41, 5.74) is 0.869. The van der Waals surface area contributed by atoms with Gasteiger partial charge in [0, 0.05) is 18.7 Å². The van der Waals surface area contributed by atoms with Gasteiger partial charge >= 0.3 is 0 Å². The fraction of sp³-hybridized carbons (Fsp3) is 0.421. The van der Waals surface area contributed by atoms with Gasteiger partial charge < -0.3 is 0 Å². The van der Waals surface area contributed by atoms with E-state index in [2.05, 4.69) is 28.0 Å². The van der Waals surface area contributed by atoms with E-state index in [1.54, 1.807) is 0 Å². The molecule has 0 radical (unpaired) electrons. The third kappa shape index (κ3) is 2.44. The van der Waals surface area contributed by atoms with E-state index >= 15 is 0 Å². The summed E-state index contributed by atoms with van der Waals surface area (Å²) in [7, 11) is 0. The van der Waals surface area contributed by atoms with E-state index in [-0.39, 0.29) is 5.78 Å². The van der Waals surface area contributed by atoms with Crippen molar-refractivity contribution in [1.82, 2.24) is 9.80 Å². The highest BCUT2D eigenvalue weighted by Crippen LogP contribution is 2.26. The number of hydrogen-bond acceptors (Lipinski definition) is 3. The Morgan fingerprint density at radius 2 is 1.82 bits per heavy atom. The van der Waals surface area contributed by atoms with E-state index < -0.39 is 0 Å². The van der Waals surface area contributed by atoms with Crippen molar-refractivity contribution < 1.29 is 4.79 Å². The summed E-state index contributed by atoms with van der Waals surface area (Å²) in [5, 5.41) is 2.23. The maximum atomic E-state index is 12.9. The van der Waals surface area contributed by atoms with Gasteiger partial charge in [-0.3, -0.25) is 14.6 Å². The second-order valence-corrected chi connectivity index (χ2v) is 6.43. The zero-order valence-corrected chi connectivity index (χ0v) is 12.9. The summed E-state index contributed by atoms with van der Waals surface area (Å²) < 4.78 is 0. The maximum absolute atomic E-state index is 12.9. The van der Waals surface area contributed by atoms with Gasteiger partial charge in [-0.15, -0.1) is 0 Å². The van der Waals surface area contributed by atoms with Crippen molar-refractivity contribution >= 4 is 16.6 Å². The first-order valence-corrected chi connectivity index (χ1v) is 8.32. The second kappa shape index (κ2) is 5.82. The van der Waals surface area contributed by atoms with Crippen molar-refractivity contribution in [2.75, 3.05) is 26.2 Å². The van der Waals surface area contributed by atoms with Crippen molar-refractivity contribution in [3.63, 3.8) is 0 Å². The summed E-state index contributed by atoms with van der Waals surface area (Å²) in [6.07, 6.45) is 4.15. The lowest BCUT2D eigenvalue weighted by atomic mass is 10.0. The van der Waals surface area contributed by atoms with Gasteiger partial charge in [0.15, 0.2) is 5.78 Å². The minimum Gasteiger partial charge on any atom is -0.293 e. The molecule has 2 aromatic carbocycles. The van der Waals surface area contributed by atoms with E-state index in [1.165, 1.54) is 32.4 Å². The predicted molar refractivity (Wildman–Crippen MR) is 89.1 cm³/mol. The van der Waals surface area contributed by atoms with E-state index in [0.717, 1.165) is 22.9 Å². The van der Waals surface area contributed by atoms with Crippen LogP contribution in [-0.2, 0) is 0 Å². The lowest BCUT2D eigenvalue weighted by Gasteiger charge is -2.39. The molecule has 2 fully saturated rings. The van der Waals surface area contributed by atoms with Crippen LogP contribution in [0.1, 0.15) is 29.6 Å². The van der Waals surface area contributed by atoms with Crippen LogP contribution in [0.25, 0.3) is 10.8 Å². The zero-order chi connectivity index (χ0) is 14.9. The highest BCUT2D eigenvalue weighted by Gasteiger charge is 2.33. The van der Waals surface area contributed by atoms with Crippen LogP contribution in [0, 0.1) is 0 Å². The fourth-order valence-corrected chi connectivity index (χ4v) is 4.03. The van der Waals surface area contributed by atoms with Crippen molar-refractivity contribution in [2.24, 2.45) is 0 Å². The standard InChI is InChI=1S/C19H22N2O/c22-18(14-21-13-5-12-20-11-4-10-19(20)21)17-9-3-7-15-6-1-2-8-16(15)17/h1-3,6-9,19H,4-5,10-14H2. The number of carbonyl (C=O) groups is 1. The summed E-state index contributed by atoms with van der Waals surface area (Å²) in [5.74, 6) is 0.255. The van der Waals surface area contributed by atoms with Gasteiger partial charge in [0.25, 0.3) is 0 Å². The van der Waals surface area contributed by atoms with Crippen molar-refractivity contribution in [2.45, 2.75) is 25.4 Å². The summed E-state index contributed by atoms with van der Waals surface area (Å²) in [4.78, 5) is 17.8. The van der Waals surface area contributed by atoms with Crippen LogP contribution >= 0.6 is 0 Å². The smallest absolute Gasteiger partial charge is 0.177 e. The number of nitrogens with zero attached hydrogens (tertiary/aromatic N) is 2. The Morgan fingerprint density at radius 1 is 1.00 bits per heavy atom. The first kappa shape index (κ1) is 13.9. The Kier molecular flexibility index (Phi) is 3.68. The molecule has 3 heteroatoms. The van der Waals surface area contributed by atoms with Gasteiger partial charge in [-0.2, -0.15) is 0 Å². The van der Waals surface area contributed by atoms with Gasteiger partial charge in [-0.1, -0.05) is 42.5 Å². The first-order chi connectivity index (χ1) is 10.8. The molecule has 0 spiro atoms. The van der Waals surface area contributed by atoms with Crippen molar-refractivity contribution in [3.05, 3.63) is 48.0 Å². The Hall–Kier alpha value is -1.71. The van der Waals surface area contributed by atoms with Gasteiger partial charge in [-0.25, -0.2) is 0 Å². The fourth-order valence-electron chi connectivity index (χ4n) is 4.03. The Morgan fingerprint density at radius 3 is 2.77 bits per heavy atom. The number of Topliss-reactive ketones (excluding diaryl/α,β-unsaturated/α-hetero) is 1. The Bertz CT molecular complexity index is 691. The molecule has 2 saturated heterocycles. The number of fused-ring (bicyclic) bond motifs is 2. The van der Waals surface area contributed by atoms with Crippen LogP contribution in [0.5, 0.6) is 0 Å². The molecule has 0 N–H and O–H groups in total. The van der Waals surface area contributed by atoms with Crippen molar-refractivity contribution in [1.29, 1.82) is 0 Å². The average Bonchev–Trinajstić information content (AvgIpc) is 3.04. The first-order valence-electron chi connectivity index (χ1n) is 8.32. The minimum atomic E-state index is 0.255. The quantitative estimate of drug-likeness (QED) is 0.813. The summed E-state index contributed by atoms with van der Waals surface area (Å²) in [6.45, 7) is 4.00. The monoisotopic (exact) mass is 294 g/mol. The number of rotatable bonds is 3. The van der Waals surface area contributed by atoms with Crippen LogP contribution in [0.15, 0.2) is 42.5 Å². The molecule has 4 rings (SSSR count). The molecule has 3 nitrogen and oxygen atoms in total. The predicted octanol–water partition coefficient (Wildman–Crippen LogP) is 3.15. The van der Waals surface area contributed by atoms with Gasteiger partial charge in [0.1, 0.15) is 0 Å². The highest BCUT2D eigenvalue weighted by molar-refractivity contribution is 6.09. The molecule has 22 heavy (non-hydrogen) atoms. The summed E-state index contributed by atoms with van der Waals surface area (Å²) >= 11 is 0. The molecule has 0 aliphatic carbocycles. The Labute approximate surface area is 131 Å². The van der Waals surface area contributed by atoms with Crippen LogP contribution < -0.4 is 0 Å². The lowest BCUT2D eigenvalue weighted by molar-refractivity contribution is 0.0339. The maximum Gasteiger partial charge on any atom is 0.177 e. The largest absolute Gasteiger partial charge is 0.293 e. The molecule has 1 unspecified atom stereocenters. The molecule has 2 aliphatic rings. The van der Waals surface area contributed by atoms with Crippen LogP contribution in [-0.4, -0.2) is 47.9 Å². The van der Waals surface area contributed by atoms with E-state index in [0.29, 0.717) is 12.7 Å². The molecule has 1 atom stereocenters. The van der Waals surface area contributed by atoms with E-state index in [9.17, 15) is 4.79 Å². The molecule has 2 aromatic rings. The Balaban J connectivity index is 1.58. The van der Waals surface area contributed by atoms with Gasteiger partial charge in [0.05, 0.1) is 12.7 Å². The number of benzene rings is 2. The van der Waals surface area contributed by atoms with E-state index in [4.69, 9.17) is 0 Å². The van der Waals surface area contributed by atoms with Gasteiger partial charge in [-0.05, 0) is 36.6 Å². The number of carbonyl (C=O) groups excluding carboxylic acids is 1. The molecule has 2 aliphatic heterocycles. The normalized spacial score (nSPS) is 22.8. The molecular formula is C19H22N2O. The zero-order valence-electron chi connectivity index (χ0n) is 12.9. The molecule has 2 heterocycles. The van der Waals surface area contributed by atoms with Gasteiger partial charge in [0.2, 0.25) is 0 Å². The molecule has 0 amide bonds. The van der Waals surface area contributed by atoms with Crippen LogP contribution in [0.4, 0.5) is 0 Å². The molecule has 0 aromatic heterocycles. The topological polar surface area (TPSA) is 23.6 Å². The molecule has 114 valence electrons. The van der Waals surface area contributed by atoms with Crippen LogP contribution in [0.3, 0.4) is 0 Å². The second-order valence-electron chi connectivity index (χ2n) is 6.43. The minimum absolute atomic E-state index is 0.255. The highest BCUT2D eigenvalue weighted by atomic mass is 16.1. The summed E-state index contributed by atoms with van der Waals surface area (Å²) in [6, 6.07) is 14.2. The van der Waals surface area contributed by atoms with E-state index in [1.807, 2.05) is 24.3 Å². The number of ketones is 1. The SMILES string of the molecule is O=C(CN1CCCN2CCCC21)c1cccc2ccccc12. The third-order valence-corrected chi connectivity index (χ3v) is 5.08. The molecule has 0 bridgehead atoms. The molecule has 0 saturated carbocycles. The lowest BCUT2D eigenvalue weighted by Crippen LogP contribution is -2.51. The van der Waals surface area contributed by atoms with Crippen LogP contribution in [0.2, 0.25) is 0 Å².